The minimum absolute atomic E-state index is 0.00574. The van der Waals surface area contributed by atoms with Crippen molar-refractivity contribution in [2.75, 3.05) is 59.4 Å². The van der Waals surface area contributed by atoms with E-state index >= 15 is 4.79 Å². The molecule has 2 unspecified atom stereocenters. The molecule has 3 aromatic rings. The highest BCUT2D eigenvalue weighted by Crippen LogP contribution is 2.54. The van der Waals surface area contributed by atoms with Crippen LogP contribution in [0.1, 0.15) is 31.9 Å². The second-order valence-corrected chi connectivity index (χ2v) is 15.1. The molecule has 268 valence electrons. The van der Waals surface area contributed by atoms with Gasteiger partial charge in [0, 0.05) is 62.1 Å². The number of methoxy groups -OCH3 is 3. The number of aromatic nitrogens is 1. The molecule has 16 heteroatoms. The summed E-state index contributed by atoms with van der Waals surface area (Å²) in [4.78, 5) is 51.4. The Labute approximate surface area is 296 Å². The molecule has 1 aromatic heterocycles. The fraction of sp³-hybridized carbons (Fsp3) is 0.412. The number of amides is 3. The van der Waals surface area contributed by atoms with Gasteiger partial charge >= 0.3 is 6.09 Å². The number of fused-ring (bicyclic) bond motifs is 1. The van der Waals surface area contributed by atoms with Gasteiger partial charge in [0.1, 0.15) is 28.0 Å². The van der Waals surface area contributed by atoms with Gasteiger partial charge in [-0.2, -0.15) is 0 Å². The lowest BCUT2D eigenvalue weighted by molar-refractivity contribution is -0.144. The van der Waals surface area contributed by atoms with Crippen LogP contribution in [0, 0.1) is 0 Å². The third kappa shape index (κ3) is 6.18. The van der Waals surface area contributed by atoms with E-state index in [0.717, 1.165) is 0 Å². The fourth-order valence-electron chi connectivity index (χ4n) is 6.38. The van der Waals surface area contributed by atoms with E-state index in [1.807, 2.05) is 0 Å². The molecule has 14 nitrogen and oxygen atoms in total. The lowest BCUT2D eigenvalue weighted by Crippen LogP contribution is -2.68. The van der Waals surface area contributed by atoms with Crippen molar-refractivity contribution in [1.82, 2.24) is 19.7 Å². The number of likely N-dealkylation sites (N-methyl/N-ethyl adjacent to an activating group) is 1. The van der Waals surface area contributed by atoms with Gasteiger partial charge in [0.25, 0.3) is 15.9 Å². The Morgan fingerprint density at radius 1 is 0.980 bits per heavy atom. The van der Waals surface area contributed by atoms with Gasteiger partial charge < -0.3 is 28.7 Å². The van der Waals surface area contributed by atoms with Crippen LogP contribution in [0.4, 0.5) is 10.5 Å². The third-order valence-corrected chi connectivity index (χ3v) is 10.5. The molecule has 50 heavy (non-hydrogen) atoms. The number of anilines is 1. The maximum absolute atomic E-state index is 15.5. The molecule has 0 saturated carbocycles. The molecule has 2 aliphatic rings. The highest BCUT2D eigenvalue weighted by atomic mass is 35.5. The number of ether oxygens (including phenoxy) is 4. The molecule has 0 bridgehead atoms. The molecular formula is C34H40ClN5O9S. The maximum atomic E-state index is 15.5. The van der Waals surface area contributed by atoms with Gasteiger partial charge in [-0.15, -0.1) is 0 Å². The molecular weight excluding hydrogens is 690 g/mol. The summed E-state index contributed by atoms with van der Waals surface area (Å²) in [7, 11) is 2.49. The summed E-state index contributed by atoms with van der Waals surface area (Å²) < 4.78 is 52.3. The Morgan fingerprint density at radius 2 is 1.70 bits per heavy atom. The van der Waals surface area contributed by atoms with Crippen LogP contribution in [-0.4, -0.2) is 113 Å². The van der Waals surface area contributed by atoms with E-state index in [4.69, 9.17) is 30.5 Å². The molecule has 2 aliphatic heterocycles. The zero-order valence-corrected chi connectivity index (χ0v) is 30.7. The Kier molecular flexibility index (Phi) is 9.98. The van der Waals surface area contributed by atoms with E-state index < -0.39 is 45.1 Å². The summed E-state index contributed by atoms with van der Waals surface area (Å²) in [5.74, 6) is -1.10. The largest absolute Gasteiger partial charge is 0.497 e. The minimum Gasteiger partial charge on any atom is -0.497 e. The van der Waals surface area contributed by atoms with Crippen LogP contribution >= 0.6 is 11.6 Å². The van der Waals surface area contributed by atoms with Crippen LogP contribution in [0.5, 0.6) is 17.4 Å². The summed E-state index contributed by atoms with van der Waals surface area (Å²) in [6.07, 6.45) is 0.826. The molecule has 0 N–H and O–H groups in total. The van der Waals surface area contributed by atoms with Gasteiger partial charge in [0.15, 0.2) is 5.54 Å². The van der Waals surface area contributed by atoms with Crippen LogP contribution < -0.4 is 18.5 Å². The lowest BCUT2D eigenvalue weighted by atomic mass is 9.80. The Balaban J connectivity index is 1.81. The van der Waals surface area contributed by atoms with Crippen molar-refractivity contribution < 1.29 is 41.7 Å². The van der Waals surface area contributed by atoms with Crippen molar-refractivity contribution in [3.8, 4) is 17.4 Å². The van der Waals surface area contributed by atoms with Crippen LogP contribution in [0.25, 0.3) is 0 Å². The summed E-state index contributed by atoms with van der Waals surface area (Å²) in [6, 6.07) is 10.5. The molecule has 2 aromatic carbocycles. The molecule has 5 rings (SSSR count). The first-order valence-electron chi connectivity index (χ1n) is 15.6. The van der Waals surface area contributed by atoms with Gasteiger partial charge in [-0.3, -0.25) is 14.5 Å². The number of pyridine rings is 1. The summed E-state index contributed by atoms with van der Waals surface area (Å²) in [5.41, 5.74) is -2.54. The zero-order chi connectivity index (χ0) is 36.8. The number of carbonyl (C=O) groups excluding carboxylic acids is 3. The van der Waals surface area contributed by atoms with Crippen molar-refractivity contribution >= 4 is 45.2 Å². The standard InChI is InChI=1S/C34H40ClN5O9S/c1-33(2,3)49-32(43)38-16-17-39(26(20-38)30(41)37(4)5)34(23-10-9-15-36-29(23)48-8)24-18-21(35)11-13-25(24)40(31(34)42)50(44,45)28-14-12-22(46-6)19-27(28)47-7/h9-15,18-19,26H,16-17,20H2,1-8H3. The van der Waals surface area contributed by atoms with Crippen molar-refractivity contribution in [3.05, 3.63) is 70.9 Å². The van der Waals surface area contributed by atoms with Gasteiger partial charge in [0.2, 0.25) is 11.8 Å². The van der Waals surface area contributed by atoms with E-state index in [1.54, 1.807) is 51.9 Å². The predicted molar refractivity (Wildman–Crippen MR) is 184 cm³/mol. The molecule has 3 amide bonds. The van der Waals surface area contributed by atoms with Crippen molar-refractivity contribution in [3.63, 3.8) is 0 Å². The average Bonchev–Trinajstić information content (AvgIpc) is 3.34. The summed E-state index contributed by atoms with van der Waals surface area (Å²) >= 11 is 6.61. The number of piperazine rings is 1. The van der Waals surface area contributed by atoms with Crippen molar-refractivity contribution in [1.29, 1.82) is 0 Å². The molecule has 1 fully saturated rings. The normalized spacial score (nSPS) is 19.5. The fourth-order valence-corrected chi connectivity index (χ4v) is 8.15. The van der Waals surface area contributed by atoms with E-state index in [-0.39, 0.29) is 58.0 Å². The number of hydrogen-bond acceptors (Lipinski definition) is 11. The van der Waals surface area contributed by atoms with Gasteiger partial charge in [-0.05, 0) is 63.2 Å². The monoisotopic (exact) mass is 729 g/mol. The van der Waals surface area contributed by atoms with E-state index in [0.29, 0.717) is 10.1 Å². The van der Waals surface area contributed by atoms with Crippen LogP contribution in [0.3, 0.4) is 0 Å². The van der Waals surface area contributed by atoms with Crippen molar-refractivity contribution in [2.45, 2.75) is 42.8 Å². The molecule has 0 aliphatic carbocycles. The number of hydrogen-bond donors (Lipinski definition) is 0. The van der Waals surface area contributed by atoms with E-state index in [9.17, 15) is 18.0 Å². The van der Waals surface area contributed by atoms with Crippen molar-refractivity contribution in [2.24, 2.45) is 0 Å². The summed E-state index contributed by atoms with van der Waals surface area (Å²) in [6.45, 7) is 4.98. The maximum Gasteiger partial charge on any atom is 0.410 e. The first kappa shape index (κ1) is 36.7. The minimum atomic E-state index is -4.73. The number of rotatable bonds is 8. The second kappa shape index (κ2) is 13.6. The van der Waals surface area contributed by atoms with Gasteiger partial charge in [-0.25, -0.2) is 22.5 Å². The average molecular weight is 730 g/mol. The molecule has 0 spiro atoms. The van der Waals surface area contributed by atoms with Crippen LogP contribution in [0.2, 0.25) is 5.02 Å². The Hall–Kier alpha value is -4.60. The van der Waals surface area contributed by atoms with E-state index in [2.05, 4.69) is 4.98 Å². The van der Waals surface area contributed by atoms with E-state index in [1.165, 1.54) is 73.7 Å². The predicted octanol–water partition coefficient (Wildman–Crippen LogP) is 3.75. The SMILES string of the molecule is COc1ccc(S(=O)(=O)N2C(=O)C(c3cccnc3OC)(N3CCN(C(=O)OC(C)(C)C)CC3C(=O)N(C)C)c3cc(Cl)ccc32)c(OC)c1. The molecule has 3 heterocycles. The number of sulfonamides is 1. The first-order valence-corrected chi connectivity index (χ1v) is 17.4. The number of benzene rings is 2. The number of halogens is 1. The second-order valence-electron chi connectivity index (χ2n) is 12.9. The quantitative estimate of drug-likeness (QED) is 0.334. The summed E-state index contributed by atoms with van der Waals surface area (Å²) in [5, 5.41) is 0.202. The third-order valence-electron chi connectivity index (χ3n) is 8.49. The number of nitrogens with zero attached hydrogens (tertiary/aromatic N) is 5. The van der Waals surface area contributed by atoms with Crippen LogP contribution in [-0.2, 0) is 29.9 Å². The molecule has 1 saturated heterocycles. The smallest absolute Gasteiger partial charge is 0.410 e. The Morgan fingerprint density at radius 3 is 2.32 bits per heavy atom. The molecule has 2 atom stereocenters. The highest BCUT2D eigenvalue weighted by Gasteiger charge is 2.63. The number of carbonyl (C=O) groups is 3. The van der Waals surface area contributed by atoms with Gasteiger partial charge in [0.05, 0.1) is 27.0 Å². The zero-order valence-electron chi connectivity index (χ0n) is 29.1. The highest BCUT2D eigenvalue weighted by molar-refractivity contribution is 7.93. The first-order chi connectivity index (χ1) is 23.5. The molecule has 0 radical (unpaired) electrons. The van der Waals surface area contributed by atoms with Crippen LogP contribution in [0.15, 0.2) is 59.6 Å². The lowest BCUT2D eigenvalue weighted by Gasteiger charge is -2.49. The Bertz CT molecular complexity index is 1930. The topological polar surface area (TPSA) is 148 Å². The van der Waals surface area contributed by atoms with Gasteiger partial charge in [-0.1, -0.05) is 11.6 Å².